The normalized spacial score (nSPS) is 23.6. The van der Waals surface area contributed by atoms with Crippen molar-refractivity contribution in [1.82, 2.24) is 16.0 Å². The predicted molar refractivity (Wildman–Crippen MR) is 88.4 cm³/mol. The van der Waals surface area contributed by atoms with Crippen LogP contribution >= 0.6 is 0 Å². The number of aliphatic imine (C=N–C) groups is 1. The molecule has 0 aromatic heterocycles. The zero-order chi connectivity index (χ0) is 15.9. The first-order valence-electron chi connectivity index (χ1n) is 8.08. The van der Waals surface area contributed by atoms with E-state index in [9.17, 15) is 4.79 Å². The van der Waals surface area contributed by atoms with Gasteiger partial charge in [0.25, 0.3) is 0 Å². The highest BCUT2D eigenvalue weighted by Gasteiger charge is 2.21. The van der Waals surface area contributed by atoms with Crippen LogP contribution < -0.4 is 16.0 Å². The van der Waals surface area contributed by atoms with Crippen LogP contribution in [0, 0.1) is 11.3 Å². The van der Waals surface area contributed by atoms with Gasteiger partial charge >= 0.3 is 0 Å². The molecular formula is C16H32N4O. The SMILES string of the molecule is CN=C(NCCNC(=O)C(C)(C)C)NC1CCCC(C)C1. The van der Waals surface area contributed by atoms with Gasteiger partial charge in [-0.25, -0.2) is 0 Å². The molecule has 0 bridgehead atoms. The molecule has 1 fully saturated rings. The van der Waals surface area contributed by atoms with Crippen LogP contribution in [0.3, 0.4) is 0 Å². The molecule has 3 N–H and O–H groups in total. The van der Waals surface area contributed by atoms with Gasteiger partial charge in [-0.05, 0) is 18.8 Å². The lowest BCUT2D eigenvalue weighted by atomic mass is 9.87. The maximum atomic E-state index is 11.7. The summed E-state index contributed by atoms with van der Waals surface area (Å²) in [5.41, 5.74) is -0.335. The van der Waals surface area contributed by atoms with E-state index in [1.54, 1.807) is 7.05 Å². The molecule has 0 aromatic carbocycles. The van der Waals surface area contributed by atoms with Gasteiger partial charge in [0.2, 0.25) is 5.91 Å². The quantitative estimate of drug-likeness (QED) is 0.422. The van der Waals surface area contributed by atoms with Gasteiger partial charge in [0.15, 0.2) is 5.96 Å². The summed E-state index contributed by atoms with van der Waals surface area (Å²) in [7, 11) is 1.79. The average Bonchev–Trinajstić information content (AvgIpc) is 2.40. The Kier molecular flexibility index (Phi) is 6.99. The number of rotatable bonds is 4. The molecule has 21 heavy (non-hydrogen) atoms. The molecule has 122 valence electrons. The molecule has 0 radical (unpaired) electrons. The summed E-state index contributed by atoms with van der Waals surface area (Å²) in [6.45, 7) is 9.36. The number of hydrogen-bond acceptors (Lipinski definition) is 2. The Bertz CT molecular complexity index is 360. The monoisotopic (exact) mass is 296 g/mol. The topological polar surface area (TPSA) is 65.5 Å². The minimum Gasteiger partial charge on any atom is -0.355 e. The largest absolute Gasteiger partial charge is 0.355 e. The molecule has 1 aliphatic carbocycles. The number of nitrogens with zero attached hydrogens (tertiary/aromatic N) is 1. The summed E-state index contributed by atoms with van der Waals surface area (Å²) in [5, 5.41) is 9.67. The van der Waals surface area contributed by atoms with E-state index in [-0.39, 0.29) is 11.3 Å². The standard InChI is InChI=1S/C16H32N4O/c1-12-7-6-8-13(11-12)20-15(17-5)19-10-9-18-14(21)16(2,3)4/h12-13H,6-11H2,1-5H3,(H,18,21)(H2,17,19,20). The maximum Gasteiger partial charge on any atom is 0.225 e. The summed E-state index contributed by atoms with van der Waals surface area (Å²) >= 11 is 0. The van der Waals surface area contributed by atoms with Gasteiger partial charge in [-0.1, -0.05) is 40.5 Å². The maximum absolute atomic E-state index is 11.7. The Balaban J connectivity index is 2.24. The predicted octanol–water partition coefficient (Wildman–Crippen LogP) is 1.89. The van der Waals surface area contributed by atoms with E-state index in [1.807, 2.05) is 20.8 Å². The van der Waals surface area contributed by atoms with Gasteiger partial charge < -0.3 is 16.0 Å². The summed E-state index contributed by atoms with van der Waals surface area (Å²) in [4.78, 5) is 16.0. The van der Waals surface area contributed by atoms with Crippen molar-refractivity contribution in [3.63, 3.8) is 0 Å². The third-order valence-electron chi connectivity index (χ3n) is 3.89. The summed E-state index contributed by atoms with van der Waals surface area (Å²) in [6.07, 6.45) is 5.05. The molecule has 1 amide bonds. The van der Waals surface area contributed by atoms with Gasteiger partial charge in [-0.15, -0.1) is 0 Å². The van der Waals surface area contributed by atoms with E-state index in [2.05, 4.69) is 27.9 Å². The van der Waals surface area contributed by atoms with Crippen LogP contribution in [0.4, 0.5) is 0 Å². The molecule has 1 saturated carbocycles. The number of amides is 1. The summed E-state index contributed by atoms with van der Waals surface area (Å²) < 4.78 is 0. The summed E-state index contributed by atoms with van der Waals surface area (Å²) in [5.74, 6) is 1.70. The van der Waals surface area contributed by atoms with E-state index in [4.69, 9.17) is 0 Å². The molecular weight excluding hydrogens is 264 g/mol. The molecule has 2 atom stereocenters. The molecule has 0 aromatic rings. The number of nitrogens with one attached hydrogen (secondary N) is 3. The number of hydrogen-bond donors (Lipinski definition) is 3. The van der Waals surface area contributed by atoms with Crippen LogP contribution in [0.1, 0.15) is 53.4 Å². The average molecular weight is 296 g/mol. The Morgan fingerprint density at radius 2 is 1.86 bits per heavy atom. The number of carbonyl (C=O) groups is 1. The first kappa shape index (κ1) is 17.8. The number of guanidine groups is 1. The highest BCUT2D eigenvalue weighted by atomic mass is 16.2. The summed E-state index contributed by atoms with van der Waals surface area (Å²) in [6, 6.07) is 0.518. The Morgan fingerprint density at radius 3 is 2.43 bits per heavy atom. The van der Waals surface area contributed by atoms with Crippen LogP contribution in [-0.4, -0.2) is 38.0 Å². The molecule has 1 rings (SSSR count). The van der Waals surface area contributed by atoms with Crippen molar-refractivity contribution in [3.05, 3.63) is 0 Å². The van der Waals surface area contributed by atoms with Crippen molar-refractivity contribution in [2.75, 3.05) is 20.1 Å². The van der Waals surface area contributed by atoms with E-state index in [0.29, 0.717) is 19.1 Å². The first-order chi connectivity index (χ1) is 9.82. The van der Waals surface area contributed by atoms with Crippen LogP contribution in [0.5, 0.6) is 0 Å². The molecule has 0 heterocycles. The van der Waals surface area contributed by atoms with Crippen molar-refractivity contribution < 1.29 is 4.79 Å². The molecule has 5 heteroatoms. The minimum absolute atomic E-state index is 0.0772. The highest BCUT2D eigenvalue weighted by Crippen LogP contribution is 2.23. The lowest BCUT2D eigenvalue weighted by Crippen LogP contribution is -2.47. The molecule has 1 aliphatic rings. The minimum atomic E-state index is -0.335. The third-order valence-corrected chi connectivity index (χ3v) is 3.89. The van der Waals surface area contributed by atoms with E-state index >= 15 is 0 Å². The molecule has 2 unspecified atom stereocenters. The zero-order valence-electron chi connectivity index (χ0n) is 14.3. The molecule has 0 spiro atoms. The third kappa shape index (κ3) is 6.82. The fourth-order valence-corrected chi connectivity index (χ4v) is 2.58. The van der Waals surface area contributed by atoms with Crippen LogP contribution in [0.2, 0.25) is 0 Å². The Labute approximate surface area is 129 Å². The fraction of sp³-hybridized carbons (Fsp3) is 0.875. The van der Waals surface area contributed by atoms with Gasteiger partial charge in [0.05, 0.1) is 0 Å². The first-order valence-corrected chi connectivity index (χ1v) is 8.08. The molecule has 0 aliphatic heterocycles. The van der Waals surface area contributed by atoms with E-state index in [1.165, 1.54) is 25.7 Å². The molecule has 0 saturated heterocycles. The van der Waals surface area contributed by atoms with E-state index in [0.717, 1.165) is 11.9 Å². The fourth-order valence-electron chi connectivity index (χ4n) is 2.58. The zero-order valence-corrected chi connectivity index (χ0v) is 14.3. The van der Waals surface area contributed by atoms with Crippen LogP contribution in [-0.2, 0) is 4.79 Å². The second kappa shape index (κ2) is 8.25. The second-order valence-electron chi connectivity index (χ2n) is 7.12. The Hall–Kier alpha value is -1.26. The smallest absolute Gasteiger partial charge is 0.225 e. The van der Waals surface area contributed by atoms with E-state index < -0.39 is 0 Å². The lowest BCUT2D eigenvalue weighted by molar-refractivity contribution is -0.128. The van der Waals surface area contributed by atoms with Gasteiger partial charge in [0, 0.05) is 31.6 Å². The van der Waals surface area contributed by atoms with Crippen molar-refractivity contribution in [3.8, 4) is 0 Å². The van der Waals surface area contributed by atoms with Gasteiger partial charge in [0.1, 0.15) is 0 Å². The van der Waals surface area contributed by atoms with Crippen molar-refractivity contribution in [2.45, 2.75) is 59.4 Å². The van der Waals surface area contributed by atoms with Gasteiger partial charge in [-0.3, -0.25) is 9.79 Å². The van der Waals surface area contributed by atoms with Crippen molar-refractivity contribution in [2.24, 2.45) is 16.3 Å². The lowest BCUT2D eigenvalue weighted by Gasteiger charge is -2.28. The Morgan fingerprint density at radius 1 is 1.19 bits per heavy atom. The van der Waals surface area contributed by atoms with Crippen molar-refractivity contribution >= 4 is 11.9 Å². The highest BCUT2D eigenvalue weighted by molar-refractivity contribution is 5.82. The van der Waals surface area contributed by atoms with Crippen LogP contribution in [0.15, 0.2) is 4.99 Å². The van der Waals surface area contributed by atoms with Crippen LogP contribution in [0.25, 0.3) is 0 Å². The molecule has 5 nitrogen and oxygen atoms in total. The second-order valence-corrected chi connectivity index (χ2v) is 7.12. The number of carbonyl (C=O) groups excluding carboxylic acids is 1. The van der Waals surface area contributed by atoms with Gasteiger partial charge in [-0.2, -0.15) is 0 Å². The van der Waals surface area contributed by atoms with Crippen molar-refractivity contribution in [1.29, 1.82) is 0 Å².